The number of carboxylic acid groups (broad SMARTS) is 1. The quantitative estimate of drug-likeness (QED) is 0.122. The molecule has 0 unspecified atom stereocenters. The number of hydrogen-bond donors (Lipinski definition) is 1. The number of imide groups is 2. The zero-order chi connectivity index (χ0) is 46.6. The van der Waals surface area contributed by atoms with Crippen molar-refractivity contribution in [1.82, 2.24) is 9.80 Å². The second-order valence-corrected chi connectivity index (χ2v) is 17.1. The second kappa shape index (κ2) is 26.6. The maximum absolute atomic E-state index is 12.8. The molecule has 0 aromatic heterocycles. The monoisotopic (exact) mass is 992 g/mol. The van der Waals surface area contributed by atoms with Crippen molar-refractivity contribution in [3.05, 3.63) is 176 Å². The fraction of sp³-hybridized carbons (Fsp3) is 0.300. The van der Waals surface area contributed by atoms with Crippen LogP contribution in [0.1, 0.15) is 55.0 Å². The zero-order valence-electron chi connectivity index (χ0n) is 35.9. The van der Waals surface area contributed by atoms with Crippen LogP contribution in [-0.4, -0.2) is 70.2 Å². The van der Waals surface area contributed by atoms with Gasteiger partial charge in [0.15, 0.2) is 0 Å². The average molecular weight is 995 g/mol. The maximum Gasteiger partial charge on any atom is 0.416 e. The average Bonchev–Trinajstić information content (AvgIpc) is 3.86. The third-order valence-electron chi connectivity index (χ3n) is 10.2. The van der Waals surface area contributed by atoms with Crippen LogP contribution in [-0.2, 0) is 54.9 Å². The molecule has 4 atom stereocenters. The molecule has 2 aliphatic heterocycles. The van der Waals surface area contributed by atoms with Crippen molar-refractivity contribution < 1.29 is 38.6 Å². The van der Waals surface area contributed by atoms with Crippen molar-refractivity contribution in [2.75, 3.05) is 13.2 Å². The fourth-order valence-corrected chi connectivity index (χ4v) is 7.43. The van der Waals surface area contributed by atoms with Crippen molar-refractivity contribution in [1.29, 1.82) is 0 Å². The smallest absolute Gasteiger partial charge is 0.416 e. The number of benzene rings is 5. The molecule has 0 saturated carbocycles. The summed E-state index contributed by atoms with van der Waals surface area (Å²) in [6.45, 7) is 5.80. The summed E-state index contributed by atoms with van der Waals surface area (Å²) in [6, 6.07) is 41.6. The third-order valence-corrected chi connectivity index (χ3v) is 11.6. The van der Waals surface area contributed by atoms with Gasteiger partial charge < -0.3 is 14.6 Å². The van der Waals surface area contributed by atoms with Gasteiger partial charge >= 0.3 is 18.2 Å². The topological polar surface area (TPSA) is 131 Å². The maximum atomic E-state index is 12.8. The highest BCUT2D eigenvalue weighted by atomic mass is 79.9. The van der Waals surface area contributed by atoms with Crippen molar-refractivity contribution in [2.24, 2.45) is 11.8 Å². The van der Waals surface area contributed by atoms with Crippen molar-refractivity contribution in [2.45, 2.75) is 70.3 Å². The number of halogens is 4. The van der Waals surface area contributed by atoms with Gasteiger partial charge in [0.1, 0.15) is 13.2 Å². The fourth-order valence-electron chi connectivity index (χ4n) is 6.67. The Labute approximate surface area is 398 Å². The number of ether oxygens (including phenoxy) is 2. The number of nitrogens with zero attached hydrogens (tertiary/aromatic N) is 2. The minimum Gasteiger partial charge on any atom is -0.481 e. The molecule has 0 bridgehead atoms. The molecule has 5 aromatic rings. The first-order valence-electron chi connectivity index (χ1n) is 20.8. The van der Waals surface area contributed by atoms with Gasteiger partial charge in [-0.25, -0.2) is 19.4 Å². The molecular formula is C50H52BrCl3N2O8. The molecule has 4 amide bonds. The molecule has 0 aliphatic carbocycles. The first-order valence-corrected chi connectivity index (χ1v) is 23.0. The van der Waals surface area contributed by atoms with E-state index in [1.54, 1.807) is 38.1 Å². The van der Waals surface area contributed by atoms with E-state index in [-0.39, 0.29) is 42.3 Å². The minimum atomic E-state index is -0.769. The van der Waals surface area contributed by atoms with Gasteiger partial charge in [-0.1, -0.05) is 169 Å². The molecule has 0 spiro atoms. The number of carbonyl (C=O) groups is 5. The van der Waals surface area contributed by atoms with E-state index in [0.717, 1.165) is 32.6 Å². The second-order valence-electron chi connectivity index (χ2n) is 15.2. The van der Waals surface area contributed by atoms with Gasteiger partial charge in [-0.05, 0) is 89.9 Å². The van der Waals surface area contributed by atoms with E-state index in [4.69, 9.17) is 49.4 Å². The zero-order valence-corrected chi connectivity index (χ0v) is 39.7. The van der Waals surface area contributed by atoms with Crippen molar-refractivity contribution in [3.63, 3.8) is 0 Å². The Morgan fingerprint density at radius 2 is 0.969 bits per heavy atom. The SMILES string of the molecule is CCC(=O)N1C(=O)OC[C@@H]1Cc1ccccc1.C[C@H](Cc1ccc(Cl)cc1)C(=O)N1C(=O)OC[C@@H]1Cc1ccccc1.C[C@H](Cc1ccc(Cl)cc1)C(=O)O.Clc1ccc(CBr)cc1. The summed E-state index contributed by atoms with van der Waals surface area (Å²) in [5.41, 5.74) is 5.44. The number of aliphatic carboxylic acids is 1. The first kappa shape index (κ1) is 51.4. The summed E-state index contributed by atoms with van der Waals surface area (Å²) in [6.07, 6.45) is 1.61. The Kier molecular flexibility index (Phi) is 21.3. The number of cyclic esters (lactones) is 2. The molecule has 0 radical (unpaired) electrons. The highest BCUT2D eigenvalue weighted by Crippen LogP contribution is 2.23. The highest BCUT2D eigenvalue weighted by Gasteiger charge is 2.40. The first-order chi connectivity index (χ1) is 30.7. The van der Waals surface area contributed by atoms with E-state index in [9.17, 15) is 24.0 Å². The van der Waals surface area contributed by atoms with Gasteiger partial charge in [-0.3, -0.25) is 14.4 Å². The molecule has 14 heteroatoms. The lowest BCUT2D eigenvalue weighted by molar-refractivity contribution is -0.141. The number of alkyl halides is 1. The number of rotatable bonds is 12. The van der Waals surface area contributed by atoms with E-state index in [1.165, 1.54) is 15.4 Å². The summed E-state index contributed by atoms with van der Waals surface area (Å²) in [5, 5.41) is 11.7. The van der Waals surface area contributed by atoms with E-state index in [0.29, 0.717) is 48.8 Å². The van der Waals surface area contributed by atoms with Gasteiger partial charge in [0.25, 0.3) is 0 Å². The Morgan fingerprint density at radius 3 is 1.36 bits per heavy atom. The van der Waals surface area contributed by atoms with E-state index in [2.05, 4.69) is 15.9 Å². The minimum absolute atomic E-state index is 0.169. The summed E-state index contributed by atoms with van der Waals surface area (Å²) in [4.78, 5) is 61.1. The van der Waals surface area contributed by atoms with E-state index < -0.39 is 18.2 Å². The number of hydrogen-bond acceptors (Lipinski definition) is 7. The summed E-state index contributed by atoms with van der Waals surface area (Å²) in [5.74, 6) is -1.80. The Bertz CT molecular complexity index is 2250. The van der Waals surface area contributed by atoms with Gasteiger partial charge in [0, 0.05) is 32.7 Å². The Morgan fingerprint density at radius 1 is 0.594 bits per heavy atom. The summed E-state index contributed by atoms with van der Waals surface area (Å²) in [7, 11) is 0. The number of amides is 4. The Balaban J connectivity index is 0.000000200. The lowest BCUT2D eigenvalue weighted by Crippen LogP contribution is -2.43. The third kappa shape index (κ3) is 16.7. The van der Waals surface area contributed by atoms with Crippen LogP contribution < -0.4 is 0 Å². The largest absolute Gasteiger partial charge is 0.481 e. The van der Waals surface area contributed by atoms with Crippen LogP contribution in [0.2, 0.25) is 15.1 Å². The van der Waals surface area contributed by atoms with Crippen LogP contribution in [0.5, 0.6) is 0 Å². The van der Waals surface area contributed by atoms with Gasteiger partial charge in [-0.15, -0.1) is 0 Å². The van der Waals surface area contributed by atoms with Gasteiger partial charge in [-0.2, -0.15) is 0 Å². The van der Waals surface area contributed by atoms with Crippen LogP contribution >= 0.6 is 50.7 Å². The van der Waals surface area contributed by atoms with Crippen LogP contribution in [0.4, 0.5) is 9.59 Å². The van der Waals surface area contributed by atoms with E-state index in [1.807, 2.05) is 116 Å². The highest BCUT2D eigenvalue weighted by molar-refractivity contribution is 9.08. The summed E-state index contributed by atoms with van der Waals surface area (Å²) >= 11 is 20.6. The molecular weight excluding hydrogens is 943 g/mol. The normalized spacial score (nSPS) is 16.0. The molecule has 338 valence electrons. The molecule has 5 aromatic carbocycles. The molecule has 7 rings (SSSR count). The molecule has 10 nitrogen and oxygen atoms in total. The van der Waals surface area contributed by atoms with Crippen LogP contribution in [0.3, 0.4) is 0 Å². The lowest BCUT2D eigenvalue weighted by atomic mass is 9.98. The standard InChI is InChI=1S/C20H20ClNO3.C13H15NO3.C10H11ClO2.C7H6BrCl/c1-14(11-16-7-9-17(21)10-8-16)19(23)22-18(13-25-20(22)24)12-15-5-3-2-4-6-15;1-2-12(15)14-11(9-17-13(14)16)8-10-6-4-3-5-7-10;1-7(10(12)13)6-8-2-4-9(11)5-3-8;8-5-6-1-3-7(9)4-2-6/h2-10,14,18H,11-13H2,1H3;3-7,11H,2,8-9H2,1H3;2-5,7H,6H2,1H3,(H,12,13);1-4H,5H2/t14-,18+;11-;7-;/m101./s1. The molecule has 2 aliphatic rings. The number of carbonyl (C=O) groups excluding carboxylic acids is 4. The molecule has 2 fully saturated rings. The number of carboxylic acids is 1. The molecule has 2 heterocycles. The predicted octanol–water partition coefficient (Wildman–Crippen LogP) is 11.9. The summed E-state index contributed by atoms with van der Waals surface area (Å²) < 4.78 is 10.1. The lowest BCUT2D eigenvalue weighted by Gasteiger charge is -2.23. The van der Waals surface area contributed by atoms with Crippen molar-refractivity contribution >= 4 is 80.7 Å². The predicted molar refractivity (Wildman–Crippen MR) is 255 cm³/mol. The Hall–Kier alpha value is -5.20. The molecule has 1 N–H and O–H groups in total. The van der Waals surface area contributed by atoms with Crippen LogP contribution in [0.25, 0.3) is 0 Å². The van der Waals surface area contributed by atoms with Gasteiger partial charge in [0.2, 0.25) is 11.8 Å². The molecule has 64 heavy (non-hydrogen) atoms. The van der Waals surface area contributed by atoms with Crippen molar-refractivity contribution in [3.8, 4) is 0 Å². The van der Waals surface area contributed by atoms with Crippen LogP contribution in [0.15, 0.2) is 133 Å². The van der Waals surface area contributed by atoms with Gasteiger partial charge in [0.05, 0.1) is 18.0 Å². The van der Waals surface area contributed by atoms with E-state index >= 15 is 0 Å². The van der Waals surface area contributed by atoms with Crippen LogP contribution in [0, 0.1) is 11.8 Å². The molecule has 2 saturated heterocycles.